The van der Waals surface area contributed by atoms with Crippen LogP contribution >= 0.6 is 31.9 Å². The summed E-state index contributed by atoms with van der Waals surface area (Å²) in [5.74, 6) is 0. The molecular weight excluding hydrogens is 332 g/mol. The topological polar surface area (TPSA) is 25.8 Å². The average molecular weight is 340 g/mol. The maximum absolute atomic E-state index is 4.33. The molecule has 2 rings (SSSR count). The van der Waals surface area contributed by atoms with Crippen molar-refractivity contribution in [2.45, 2.75) is 0 Å². The van der Waals surface area contributed by atoms with E-state index in [0.29, 0.717) is 0 Å². The van der Waals surface area contributed by atoms with E-state index in [0.717, 1.165) is 21.1 Å². The van der Waals surface area contributed by atoms with Gasteiger partial charge in [-0.2, -0.15) is 0 Å². The normalized spacial score (nSPS) is 15.4. The summed E-state index contributed by atoms with van der Waals surface area (Å²) >= 11 is 6.53. The van der Waals surface area contributed by atoms with Crippen molar-refractivity contribution < 1.29 is 0 Å². The molecule has 0 radical (unpaired) electrons. The van der Waals surface area contributed by atoms with Gasteiger partial charge in [0.15, 0.2) is 0 Å². The predicted octanol–water partition coefficient (Wildman–Crippen LogP) is 2.03. The summed E-state index contributed by atoms with van der Waals surface area (Å²) in [6.45, 7) is 0. The van der Waals surface area contributed by atoms with Gasteiger partial charge in [0.25, 0.3) is 0 Å². The lowest BCUT2D eigenvalue weighted by Crippen LogP contribution is -2.00. The van der Waals surface area contributed by atoms with Crippen molar-refractivity contribution in [1.82, 2.24) is 9.97 Å². The Kier molecular flexibility index (Phi) is 3.85. The van der Waals surface area contributed by atoms with Crippen LogP contribution < -0.4 is 10.4 Å². The molecular formula is C12H8Br2N2. The number of rotatable bonds is 0. The van der Waals surface area contributed by atoms with E-state index in [1.165, 1.54) is 0 Å². The maximum Gasteiger partial charge on any atom is 0.0886 e. The molecule has 0 saturated carbocycles. The predicted molar refractivity (Wildman–Crippen MR) is 72.2 cm³/mol. The number of hydrogen-bond donors (Lipinski definition) is 0. The Morgan fingerprint density at radius 1 is 0.750 bits per heavy atom. The summed E-state index contributed by atoms with van der Waals surface area (Å²) in [5, 5.41) is 3.82. The molecule has 0 amide bonds. The summed E-state index contributed by atoms with van der Waals surface area (Å²) < 4.78 is 0. The molecule has 0 saturated heterocycles. The highest BCUT2D eigenvalue weighted by molar-refractivity contribution is 9.14. The minimum atomic E-state index is 0.874. The number of nitrogens with zero attached hydrogens (tertiary/aromatic N) is 2. The first-order valence-electron chi connectivity index (χ1n) is 4.63. The highest BCUT2D eigenvalue weighted by Gasteiger charge is 1.85. The van der Waals surface area contributed by atoms with Crippen LogP contribution in [0.5, 0.6) is 0 Å². The minimum absolute atomic E-state index is 0.874. The van der Waals surface area contributed by atoms with Crippen molar-refractivity contribution in [3.05, 3.63) is 57.8 Å². The largest absolute Gasteiger partial charge is 0.254 e. The molecule has 0 fully saturated rings. The Labute approximate surface area is 109 Å². The summed E-state index contributed by atoms with van der Waals surface area (Å²) in [6, 6.07) is 7.88. The standard InChI is InChI=1S/C12H8Br2N2/c13-5-9-1-3-11(15-7-9)12-4-2-10(6-14)8-16-12/h1-8H. The van der Waals surface area contributed by atoms with Crippen molar-refractivity contribution in [2.24, 2.45) is 0 Å². The van der Waals surface area contributed by atoms with Crippen molar-refractivity contribution in [3.63, 3.8) is 0 Å². The Bertz CT molecular complexity index is 587. The summed E-state index contributed by atoms with van der Waals surface area (Å²) in [5.41, 5.74) is 0. The van der Waals surface area contributed by atoms with Gasteiger partial charge in [-0.15, -0.1) is 0 Å². The zero-order valence-electron chi connectivity index (χ0n) is 8.27. The fourth-order valence-electron chi connectivity index (χ4n) is 1.24. The second-order valence-corrected chi connectivity index (χ2v) is 4.09. The van der Waals surface area contributed by atoms with Crippen LogP contribution in [0.3, 0.4) is 0 Å². The molecule has 0 unspecified atom stereocenters. The molecule has 0 N–H and O–H groups in total. The second kappa shape index (κ2) is 5.37. The fourth-order valence-corrected chi connectivity index (χ4v) is 1.78. The van der Waals surface area contributed by atoms with E-state index >= 15 is 0 Å². The van der Waals surface area contributed by atoms with Gasteiger partial charge in [0, 0.05) is 12.4 Å². The van der Waals surface area contributed by atoms with E-state index in [9.17, 15) is 0 Å². The molecule has 0 bridgehead atoms. The summed E-state index contributed by atoms with van der Waals surface area (Å²) in [7, 11) is 0. The van der Waals surface area contributed by atoms with Crippen LogP contribution in [0.25, 0.3) is 9.97 Å². The van der Waals surface area contributed by atoms with Crippen LogP contribution in [0, 0.1) is 10.7 Å². The number of pyridine rings is 2. The number of hydrogen-bond acceptors (Lipinski definition) is 2. The van der Waals surface area contributed by atoms with Gasteiger partial charge in [-0.05, 0) is 32.5 Å². The first-order chi connectivity index (χ1) is 7.83. The molecule has 2 aromatic rings. The van der Waals surface area contributed by atoms with E-state index in [1.54, 1.807) is 12.4 Å². The number of halogens is 2. The molecule has 2 heterocycles. The van der Waals surface area contributed by atoms with E-state index in [-0.39, 0.29) is 0 Å². The SMILES string of the molecule is BrC=c1ccc(=c2ccc(=CBr)cn2)nc1. The Hall–Kier alpha value is -1.00. The van der Waals surface area contributed by atoms with Crippen molar-refractivity contribution >= 4 is 41.8 Å². The highest BCUT2D eigenvalue weighted by atomic mass is 79.9. The third-order valence-corrected chi connectivity index (χ3v) is 3.14. The molecule has 4 heteroatoms. The molecule has 0 atom stereocenters. The lowest BCUT2D eigenvalue weighted by atomic mass is 10.3. The van der Waals surface area contributed by atoms with Crippen molar-refractivity contribution in [2.75, 3.05) is 0 Å². The van der Waals surface area contributed by atoms with Crippen LogP contribution in [-0.4, -0.2) is 9.97 Å². The van der Waals surface area contributed by atoms with Gasteiger partial charge < -0.3 is 0 Å². The first kappa shape index (κ1) is 11.5. The zero-order valence-corrected chi connectivity index (χ0v) is 11.4. The Balaban J connectivity index is 2.70. The van der Waals surface area contributed by atoms with Gasteiger partial charge in [-0.25, -0.2) is 0 Å². The van der Waals surface area contributed by atoms with Gasteiger partial charge in [-0.3, -0.25) is 9.97 Å². The van der Waals surface area contributed by atoms with Gasteiger partial charge in [0.2, 0.25) is 0 Å². The molecule has 2 aromatic heterocycles. The van der Waals surface area contributed by atoms with Crippen molar-refractivity contribution in [1.29, 1.82) is 0 Å². The molecule has 16 heavy (non-hydrogen) atoms. The lowest BCUT2D eigenvalue weighted by Gasteiger charge is -1.88. The monoisotopic (exact) mass is 338 g/mol. The van der Waals surface area contributed by atoms with E-state index in [4.69, 9.17) is 0 Å². The third kappa shape index (κ3) is 2.57. The smallest absolute Gasteiger partial charge is 0.0886 e. The Morgan fingerprint density at radius 3 is 1.44 bits per heavy atom. The lowest BCUT2D eigenvalue weighted by molar-refractivity contribution is 1.13. The minimum Gasteiger partial charge on any atom is -0.254 e. The maximum atomic E-state index is 4.33. The second-order valence-electron chi connectivity index (χ2n) is 3.17. The van der Waals surface area contributed by atoms with Gasteiger partial charge in [-0.1, -0.05) is 44.0 Å². The molecule has 80 valence electrons. The first-order valence-corrected chi connectivity index (χ1v) is 6.46. The van der Waals surface area contributed by atoms with Crippen LogP contribution in [-0.2, 0) is 0 Å². The average Bonchev–Trinajstić information content (AvgIpc) is 2.39. The molecule has 0 aliphatic heterocycles. The Morgan fingerprint density at radius 2 is 1.19 bits per heavy atom. The van der Waals surface area contributed by atoms with Crippen molar-refractivity contribution in [3.8, 4) is 0 Å². The molecule has 0 aliphatic rings. The molecule has 2 nitrogen and oxygen atoms in total. The molecule has 0 aromatic carbocycles. The third-order valence-electron chi connectivity index (χ3n) is 2.09. The molecule has 0 aliphatic carbocycles. The van der Waals surface area contributed by atoms with E-state index < -0.39 is 0 Å². The molecule has 0 spiro atoms. The van der Waals surface area contributed by atoms with Crippen LogP contribution in [0.1, 0.15) is 0 Å². The van der Waals surface area contributed by atoms with Crippen LogP contribution in [0.2, 0.25) is 0 Å². The van der Waals surface area contributed by atoms with Gasteiger partial charge >= 0.3 is 0 Å². The van der Waals surface area contributed by atoms with Crippen LogP contribution in [0.4, 0.5) is 0 Å². The van der Waals surface area contributed by atoms with E-state index in [2.05, 4.69) is 41.8 Å². The van der Waals surface area contributed by atoms with Gasteiger partial charge in [0.05, 0.1) is 10.7 Å². The summed E-state index contributed by atoms with van der Waals surface area (Å²) in [4.78, 5) is 12.3. The fraction of sp³-hybridized carbons (Fsp3) is 0. The number of aromatic nitrogens is 2. The van der Waals surface area contributed by atoms with Gasteiger partial charge in [0.1, 0.15) is 0 Å². The quantitative estimate of drug-likeness (QED) is 0.734. The highest BCUT2D eigenvalue weighted by Crippen LogP contribution is 1.88. The van der Waals surface area contributed by atoms with Crippen LogP contribution in [0.15, 0.2) is 36.7 Å². The zero-order chi connectivity index (χ0) is 11.4. The van der Waals surface area contributed by atoms with E-state index in [1.807, 2.05) is 34.2 Å². The summed E-state index contributed by atoms with van der Waals surface area (Å²) in [6.07, 6.45) is 3.60.